The molecule has 27 heavy (non-hydrogen) atoms. The van der Waals surface area contributed by atoms with Crippen molar-refractivity contribution in [2.75, 3.05) is 42.7 Å². The number of nitrogens with zero attached hydrogens (tertiary/aromatic N) is 2. The Balaban J connectivity index is 2.25. The zero-order valence-corrected chi connectivity index (χ0v) is 17.6. The highest BCUT2D eigenvalue weighted by Crippen LogP contribution is 2.25. The average molecular weight is 433 g/mol. The van der Waals surface area contributed by atoms with Crippen LogP contribution in [-0.2, 0) is 0 Å². The van der Waals surface area contributed by atoms with E-state index in [0.717, 1.165) is 10.2 Å². The molecule has 0 spiro atoms. The smallest absolute Gasteiger partial charge is 0.323 e. The van der Waals surface area contributed by atoms with Crippen LogP contribution in [0.25, 0.3) is 0 Å². The van der Waals surface area contributed by atoms with Crippen LogP contribution in [0.2, 0.25) is 0 Å². The summed E-state index contributed by atoms with van der Waals surface area (Å²) in [4.78, 5) is 28.8. The molecule has 0 aliphatic heterocycles. The van der Waals surface area contributed by atoms with Gasteiger partial charge in [0.2, 0.25) is 0 Å². The first kappa shape index (κ1) is 20.8. The van der Waals surface area contributed by atoms with E-state index in [1.807, 2.05) is 57.1 Å². The molecule has 144 valence electrons. The first-order valence-electron chi connectivity index (χ1n) is 8.80. The lowest BCUT2D eigenvalue weighted by atomic mass is 10.1. The standard InChI is InChI=1S/C20H25BrN4O2/c1-5-25(6-2)19(26)15-13-14(11-12-18(15)24(3)4)22-20(27)23-17-10-8-7-9-16(17)21/h7-13H,5-6H2,1-4H3,(H2,22,23,27). The lowest BCUT2D eigenvalue weighted by Crippen LogP contribution is -2.32. The molecule has 0 saturated heterocycles. The van der Waals surface area contributed by atoms with Crippen LogP contribution in [-0.4, -0.2) is 44.0 Å². The van der Waals surface area contributed by atoms with E-state index in [9.17, 15) is 9.59 Å². The van der Waals surface area contributed by atoms with Gasteiger partial charge < -0.3 is 20.4 Å². The Morgan fingerprint density at radius 2 is 1.67 bits per heavy atom. The molecule has 2 aromatic rings. The maximum absolute atomic E-state index is 12.9. The number of hydrogen-bond donors (Lipinski definition) is 2. The fraction of sp³-hybridized carbons (Fsp3) is 0.300. The molecular weight excluding hydrogens is 408 g/mol. The minimum absolute atomic E-state index is 0.0569. The fourth-order valence-corrected chi connectivity index (χ4v) is 3.09. The van der Waals surface area contributed by atoms with E-state index in [4.69, 9.17) is 0 Å². The number of nitrogens with one attached hydrogen (secondary N) is 2. The first-order chi connectivity index (χ1) is 12.9. The van der Waals surface area contributed by atoms with Crippen molar-refractivity contribution in [2.45, 2.75) is 13.8 Å². The van der Waals surface area contributed by atoms with Gasteiger partial charge in [-0.15, -0.1) is 0 Å². The van der Waals surface area contributed by atoms with Crippen LogP contribution in [0, 0.1) is 0 Å². The summed E-state index contributed by atoms with van der Waals surface area (Å²) in [6.45, 7) is 5.15. The second-order valence-electron chi connectivity index (χ2n) is 6.16. The van der Waals surface area contributed by atoms with Crippen LogP contribution >= 0.6 is 15.9 Å². The van der Waals surface area contributed by atoms with Crippen LogP contribution in [0.4, 0.5) is 21.9 Å². The Labute approximate surface area is 168 Å². The molecule has 0 fully saturated rings. The molecule has 6 nitrogen and oxygen atoms in total. The van der Waals surface area contributed by atoms with Crippen LogP contribution in [0.15, 0.2) is 46.9 Å². The molecule has 7 heteroatoms. The monoisotopic (exact) mass is 432 g/mol. The van der Waals surface area contributed by atoms with E-state index < -0.39 is 0 Å². The van der Waals surface area contributed by atoms with Gasteiger partial charge in [-0.1, -0.05) is 12.1 Å². The Bertz CT molecular complexity index is 819. The number of urea groups is 1. The number of halogens is 1. The lowest BCUT2D eigenvalue weighted by Gasteiger charge is -2.23. The van der Waals surface area contributed by atoms with Crippen LogP contribution in [0.3, 0.4) is 0 Å². The van der Waals surface area contributed by atoms with Crippen molar-refractivity contribution in [1.82, 2.24) is 4.90 Å². The van der Waals surface area contributed by atoms with Crippen molar-refractivity contribution in [1.29, 1.82) is 0 Å². The maximum Gasteiger partial charge on any atom is 0.323 e. The summed E-state index contributed by atoms with van der Waals surface area (Å²) in [5.41, 5.74) is 2.59. The van der Waals surface area contributed by atoms with Gasteiger partial charge in [-0.25, -0.2) is 4.79 Å². The van der Waals surface area contributed by atoms with Crippen molar-refractivity contribution in [2.24, 2.45) is 0 Å². The highest BCUT2D eigenvalue weighted by atomic mass is 79.9. The topological polar surface area (TPSA) is 64.7 Å². The molecule has 0 heterocycles. The molecule has 2 rings (SSSR count). The quantitative estimate of drug-likeness (QED) is 0.698. The van der Waals surface area contributed by atoms with Gasteiger partial charge in [0.1, 0.15) is 0 Å². The molecule has 0 radical (unpaired) electrons. The number of carbonyl (C=O) groups excluding carboxylic acids is 2. The molecule has 0 unspecified atom stereocenters. The van der Waals surface area contributed by atoms with E-state index >= 15 is 0 Å². The third-order valence-electron chi connectivity index (χ3n) is 4.14. The van der Waals surface area contributed by atoms with Gasteiger partial charge in [0.15, 0.2) is 0 Å². The van der Waals surface area contributed by atoms with Gasteiger partial charge >= 0.3 is 6.03 Å². The number of hydrogen-bond acceptors (Lipinski definition) is 3. The second kappa shape index (κ2) is 9.41. The van der Waals surface area contributed by atoms with Crippen molar-refractivity contribution in [3.05, 3.63) is 52.5 Å². The molecular formula is C20H25BrN4O2. The van der Waals surface area contributed by atoms with Crippen LogP contribution in [0.1, 0.15) is 24.2 Å². The number of rotatable bonds is 6. The van der Waals surface area contributed by atoms with Gasteiger partial charge in [0, 0.05) is 43.0 Å². The predicted octanol–water partition coefficient (Wildman–Crippen LogP) is 4.64. The molecule has 0 aliphatic rings. The molecule has 2 N–H and O–H groups in total. The van der Waals surface area contributed by atoms with Crippen molar-refractivity contribution in [3.8, 4) is 0 Å². The van der Waals surface area contributed by atoms with E-state index in [0.29, 0.717) is 30.0 Å². The summed E-state index contributed by atoms with van der Waals surface area (Å²) >= 11 is 3.40. The molecule has 0 aliphatic carbocycles. The highest BCUT2D eigenvalue weighted by molar-refractivity contribution is 9.10. The summed E-state index contributed by atoms with van der Waals surface area (Å²) in [7, 11) is 3.78. The summed E-state index contributed by atoms with van der Waals surface area (Å²) in [5, 5.41) is 5.58. The second-order valence-corrected chi connectivity index (χ2v) is 7.02. The molecule has 0 atom stereocenters. The molecule has 0 bridgehead atoms. The highest BCUT2D eigenvalue weighted by Gasteiger charge is 2.19. The van der Waals surface area contributed by atoms with Crippen molar-refractivity contribution >= 4 is 44.9 Å². The first-order valence-corrected chi connectivity index (χ1v) is 9.59. The van der Waals surface area contributed by atoms with Gasteiger partial charge in [-0.2, -0.15) is 0 Å². The van der Waals surface area contributed by atoms with Crippen molar-refractivity contribution < 1.29 is 9.59 Å². The summed E-state index contributed by atoms with van der Waals surface area (Å²) in [5.74, 6) is -0.0569. The van der Waals surface area contributed by atoms with Crippen LogP contribution in [0.5, 0.6) is 0 Å². The third-order valence-corrected chi connectivity index (χ3v) is 4.83. The molecule has 0 saturated carbocycles. The third kappa shape index (κ3) is 5.23. The van der Waals surface area contributed by atoms with Gasteiger partial charge in [0.25, 0.3) is 5.91 Å². The van der Waals surface area contributed by atoms with E-state index in [-0.39, 0.29) is 11.9 Å². The number of benzene rings is 2. The lowest BCUT2D eigenvalue weighted by molar-refractivity contribution is 0.0773. The SMILES string of the molecule is CCN(CC)C(=O)c1cc(NC(=O)Nc2ccccc2Br)ccc1N(C)C. The summed E-state index contributed by atoms with van der Waals surface area (Å²) in [6, 6.07) is 12.3. The number of amides is 3. The zero-order chi connectivity index (χ0) is 20.0. The molecule has 2 aromatic carbocycles. The van der Waals surface area contributed by atoms with E-state index in [1.165, 1.54) is 0 Å². The minimum Gasteiger partial charge on any atom is -0.377 e. The maximum atomic E-state index is 12.9. The normalized spacial score (nSPS) is 10.3. The predicted molar refractivity (Wildman–Crippen MR) is 115 cm³/mol. The Hall–Kier alpha value is -2.54. The number of para-hydroxylation sites is 1. The van der Waals surface area contributed by atoms with Gasteiger partial charge in [-0.05, 0) is 60.1 Å². The summed E-state index contributed by atoms with van der Waals surface area (Å²) < 4.78 is 0.792. The molecule has 3 amide bonds. The van der Waals surface area contributed by atoms with Crippen LogP contribution < -0.4 is 15.5 Å². The molecule has 0 aromatic heterocycles. The van der Waals surface area contributed by atoms with E-state index in [1.54, 1.807) is 23.1 Å². The van der Waals surface area contributed by atoms with Gasteiger partial charge in [0.05, 0.1) is 11.3 Å². The average Bonchev–Trinajstić information content (AvgIpc) is 2.64. The van der Waals surface area contributed by atoms with Gasteiger partial charge in [-0.3, -0.25) is 4.79 Å². The van der Waals surface area contributed by atoms with E-state index in [2.05, 4.69) is 26.6 Å². The largest absolute Gasteiger partial charge is 0.377 e. The minimum atomic E-state index is -0.374. The Morgan fingerprint density at radius 1 is 1.00 bits per heavy atom. The summed E-state index contributed by atoms with van der Waals surface area (Å²) in [6.07, 6.45) is 0. The Kier molecular flexibility index (Phi) is 7.24. The fourth-order valence-electron chi connectivity index (χ4n) is 2.70. The Morgan fingerprint density at radius 3 is 2.26 bits per heavy atom. The number of anilines is 3. The zero-order valence-electron chi connectivity index (χ0n) is 16.0. The number of carbonyl (C=O) groups is 2. The van der Waals surface area contributed by atoms with Crippen molar-refractivity contribution in [3.63, 3.8) is 0 Å².